The smallest absolute Gasteiger partial charge is 0.410 e. The summed E-state index contributed by atoms with van der Waals surface area (Å²) in [6.07, 6.45) is 12.9. The third kappa shape index (κ3) is 4.84. The molecule has 1 heterocycles. The zero-order chi connectivity index (χ0) is 22.6. The van der Waals surface area contributed by atoms with Gasteiger partial charge in [-0.15, -0.1) is 0 Å². The van der Waals surface area contributed by atoms with E-state index in [1.165, 1.54) is 37.3 Å². The molecule has 0 saturated heterocycles. The van der Waals surface area contributed by atoms with Crippen LogP contribution in [-0.4, -0.2) is 25.1 Å². The average Bonchev–Trinajstić information content (AvgIpc) is 2.74. The largest absolute Gasteiger partial charge is 0.419 e. The first kappa shape index (κ1) is 23.8. The van der Waals surface area contributed by atoms with Crippen molar-refractivity contribution in [1.29, 1.82) is 0 Å². The van der Waals surface area contributed by atoms with Crippen LogP contribution in [0.5, 0.6) is 5.75 Å². The van der Waals surface area contributed by atoms with E-state index in [1.807, 2.05) is 35.2 Å². The Labute approximate surface area is 190 Å². The van der Waals surface area contributed by atoms with Crippen molar-refractivity contribution >= 4 is 14.2 Å². The molecule has 1 aliphatic carbocycles. The van der Waals surface area contributed by atoms with Crippen LogP contribution in [0.25, 0.3) is 0 Å². The lowest BCUT2D eigenvalue weighted by molar-refractivity contribution is 0.140. The Balaban J connectivity index is 2.00. The molecule has 1 fully saturated rings. The van der Waals surface area contributed by atoms with Crippen LogP contribution >= 0.6 is 0 Å². The number of carbonyl (C=O) groups excluding carboxylic acids is 1. The minimum absolute atomic E-state index is 0.0958. The Morgan fingerprint density at radius 2 is 1.52 bits per heavy atom. The number of ether oxygens (including phenoxy) is 1. The number of hydrogen-bond acceptors (Lipinski definition) is 2. The van der Waals surface area contributed by atoms with Crippen LogP contribution < -0.4 is 4.74 Å². The van der Waals surface area contributed by atoms with E-state index in [4.69, 9.17) is 4.74 Å². The highest BCUT2D eigenvalue weighted by atomic mass is 28.3. The van der Waals surface area contributed by atoms with Gasteiger partial charge in [-0.3, -0.25) is 4.90 Å². The minimum atomic E-state index is -1.86. The molecule has 0 aromatic heterocycles. The zero-order valence-electron chi connectivity index (χ0n) is 20.3. The molecule has 3 nitrogen and oxygen atoms in total. The molecule has 170 valence electrons. The summed E-state index contributed by atoms with van der Waals surface area (Å²) in [5.41, 5.74) is 1.80. The van der Waals surface area contributed by atoms with Crippen molar-refractivity contribution in [2.24, 2.45) is 5.92 Å². The van der Waals surface area contributed by atoms with Gasteiger partial charge in [0.05, 0.1) is 14.1 Å². The van der Waals surface area contributed by atoms with Crippen molar-refractivity contribution in [1.82, 2.24) is 4.90 Å². The highest BCUT2D eigenvalue weighted by molar-refractivity contribution is 6.90. The second kappa shape index (κ2) is 10.2. The van der Waals surface area contributed by atoms with Crippen molar-refractivity contribution in [2.45, 2.75) is 96.3 Å². The molecule has 1 aromatic rings. The summed E-state index contributed by atoms with van der Waals surface area (Å²) in [5.74, 6) is 1.12. The van der Waals surface area contributed by atoms with Gasteiger partial charge in [-0.05, 0) is 52.7 Å². The second-order valence-electron chi connectivity index (χ2n) is 10.3. The maximum Gasteiger partial charge on any atom is 0.419 e. The Hall–Kier alpha value is -1.81. The fraction of sp³-hybridized carbons (Fsp3) is 0.593. The number of carbonyl (C=O) groups is 1. The summed E-state index contributed by atoms with van der Waals surface area (Å²) < 4.78 is 5.84. The van der Waals surface area contributed by atoms with Crippen molar-refractivity contribution in [3.63, 3.8) is 0 Å². The summed E-state index contributed by atoms with van der Waals surface area (Å²) in [6.45, 7) is 14.3. The molecule has 0 N–H and O–H groups in total. The van der Waals surface area contributed by atoms with Crippen LogP contribution in [0.15, 0.2) is 53.9 Å². The predicted octanol–water partition coefficient (Wildman–Crippen LogP) is 8.11. The minimum Gasteiger partial charge on any atom is -0.410 e. The number of allylic oxidation sites excluding steroid dienone is 2. The topological polar surface area (TPSA) is 29.5 Å². The van der Waals surface area contributed by atoms with Crippen LogP contribution in [0.3, 0.4) is 0 Å². The fourth-order valence-corrected chi connectivity index (χ4v) is 13.3. The first-order valence-electron chi connectivity index (χ1n) is 12.2. The van der Waals surface area contributed by atoms with Gasteiger partial charge in [0.25, 0.3) is 0 Å². The first-order chi connectivity index (χ1) is 14.8. The van der Waals surface area contributed by atoms with Crippen molar-refractivity contribution in [3.8, 4) is 5.75 Å². The van der Waals surface area contributed by atoms with Gasteiger partial charge in [-0.25, -0.2) is 4.79 Å². The van der Waals surface area contributed by atoms with Crippen LogP contribution in [0.1, 0.15) is 73.6 Å². The Bertz CT molecular complexity index is 769. The molecule has 4 heteroatoms. The Morgan fingerprint density at radius 3 is 2.06 bits per heavy atom. The van der Waals surface area contributed by atoms with E-state index in [-0.39, 0.29) is 12.1 Å². The van der Waals surface area contributed by atoms with Gasteiger partial charge in [-0.2, -0.15) is 0 Å². The van der Waals surface area contributed by atoms with Crippen molar-refractivity contribution < 1.29 is 9.53 Å². The van der Waals surface area contributed by atoms with E-state index in [0.29, 0.717) is 28.3 Å². The van der Waals surface area contributed by atoms with Gasteiger partial charge in [0, 0.05) is 6.20 Å². The third-order valence-electron chi connectivity index (χ3n) is 7.73. The Kier molecular flexibility index (Phi) is 7.85. The number of rotatable bonds is 6. The van der Waals surface area contributed by atoms with Gasteiger partial charge < -0.3 is 4.74 Å². The molecule has 0 spiro atoms. The molecule has 1 aromatic carbocycles. The number of para-hydroxylation sites is 1. The number of nitrogens with zero attached hydrogens (tertiary/aromatic N) is 1. The van der Waals surface area contributed by atoms with E-state index in [0.717, 1.165) is 0 Å². The van der Waals surface area contributed by atoms with Crippen LogP contribution in [-0.2, 0) is 0 Å². The fourth-order valence-electron chi connectivity index (χ4n) is 6.51. The lowest BCUT2D eigenvalue weighted by atomic mass is 9.82. The van der Waals surface area contributed by atoms with Gasteiger partial charge in [-0.1, -0.05) is 91.2 Å². The van der Waals surface area contributed by atoms with Crippen molar-refractivity contribution in [3.05, 3.63) is 53.9 Å². The Morgan fingerprint density at radius 1 is 0.935 bits per heavy atom. The van der Waals surface area contributed by atoms with E-state index in [2.05, 4.69) is 59.9 Å². The third-order valence-corrected chi connectivity index (χ3v) is 14.8. The number of benzene rings is 1. The quantitative estimate of drug-likeness (QED) is 0.419. The normalized spacial score (nSPS) is 20.5. The molecule has 1 atom stereocenters. The molecule has 2 aliphatic rings. The molecule has 3 rings (SSSR count). The summed E-state index contributed by atoms with van der Waals surface area (Å²) in [4.78, 5) is 15.4. The molecule has 1 saturated carbocycles. The molecular formula is C27H41NO2Si. The molecule has 0 radical (unpaired) electrons. The standard InChI is InChI=1S/C27H41NO2Si/c1-20(2)31(21(3)4,22(5)6)25-17-18-26(23-13-9-7-10-14-23)28(19-25)27(29)30-24-15-11-8-12-16-24/h8,11-12,15-23,26H,7,9-10,13-14H2,1-6H3. The maximum atomic E-state index is 13.4. The SMILES string of the molecule is CC(C)[Si](C1=CN(C(=O)Oc2ccccc2)C(C2CCCCC2)C=C1)(C(C)C)C(C)C. The van der Waals surface area contributed by atoms with Gasteiger partial charge in [0.2, 0.25) is 0 Å². The summed E-state index contributed by atoms with van der Waals surface area (Å²) in [6, 6.07) is 9.57. The summed E-state index contributed by atoms with van der Waals surface area (Å²) in [5, 5.41) is 1.39. The van der Waals surface area contributed by atoms with Gasteiger partial charge >= 0.3 is 6.09 Å². The molecule has 0 bridgehead atoms. The van der Waals surface area contributed by atoms with Gasteiger partial charge in [0.1, 0.15) is 5.75 Å². The molecular weight excluding hydrogens is 398 g/mol. The van der Waals surface area contributed by atoms with Crippen LogP contribution in [0, 0.1) is 5.92 Å². The number of amides is 1. The van der Waals surface area contributed by atoms with Crippen LogP contribution in [0.4, 0.5) is 4.79 Å². The van der Waals surface area contributed by atoms with E-state index >= 15 is 0 Å². The van der Waals surface area contributed by atoms with Crippen molar-refractivity contribution in [2.75, 3.05) is 0 Å². The molecule has 1 unspecified atom stereocenters. The summed E-state index contributed by atoms with van der Waals surface area (Å²) in [7, 11) is -1.86. The predicted molar refractivity (Wildman–Crippen MR) is 133 cm³/mol. The lowest BCUT2D eigenvalue weighted by Gasteiger charge is -2.47. The number of hydrogen-bond donors (Lipinski definition) is 0. The highest BCUT2D eigenvalue weighted by Crippen LogP contribution is 2.48. The van der Waals surface area contributed by atoms with Gasteiger partial charge in [0.15, 0.2) is 0 Å². The second-order valence-corrected chi connectivity index (χ2v) is 16.2. The average molecular weight is 440 g/mol. The maximum absolute atomic E-state index is 13.4. The lowest BCUT2D eigenvalue weighted by Crippen LogP contribution is -2.50. The molecule has 1 aliphatic heterocycles. The van der Waals surface area contributed by atoms with E-state index < -0.39 is 8.07 Å². The summed E-state index contributed by atoms with van der Waals surface area (Å²) >= 11 is 0. The van der Waals surface area contributed by atoms with E-state index in [1.54, 1.807) is 0 Å². The first-order valence-corrected chi connectivity index (χ1v) is 14.5. The zero-order valence-corrected chi connectivity index (χ0v) is 21.3. The highest BCUT2D eigenvalue weighted by Gasteiger charge is 2.47. The molecule has 31 heavy (non-hydrogen) atoms. The van der Waals surface area contributed by atoms with Crippen LogP contribution in [0.2, 0.25) is 16.6 Å². The monoisotopic (exact) mass is 439 g/mol. The van der Waals surface area contributed by atoms with E-state index in [9.17, 15) is 4.79 Å². The molecule has 1 amide bonds.